The van der Waals surface area contributed by atoms with Gasteiger partial charge in [0.2, 0.25) is 0 Å². The van der Waals surface area contributed by atoms with Crippen LogP contribution < -0.4 is 5.32 Å². The molecule has 0 bridgehead atoms. The van der Waals surface area contributed by atoms with Gasteiger partial charge in [0.1, 0.15) is 5.82 Å². The molecular weight excluding hydrogens is 246 g/mol. The normalized spacial score (nSPS) is 10.5. The number of anilines is 2. The molecule has 0 saturated carbocycles. The summed E-state index contributed by atoms with van der Waals surface area (Å²) in [5.74, 6) is 0.970. The summed E-state index contributed by atoms with van der Waals surface area (Å²) in [7, 11) is 0. The Labute approximate surface area is 118 Å². The van der Waals surface area contributed by atoms with Crippen LogP contribution in [0.25, 0.3) is 5.69 Å². The summed E-state index contributed by atoms with van der Waals surface area (Å²) in [6.45, 7) is 4.09. The van der Waals surface area contributed by atoms with Crippen LogP contribution in [0, 0.1) is 13.8 Å². The Hall–Kier alpha value is -2.55. The molecule has 100 valence electrons. The van der Waals surface area contributed by atoms with E-state index in [1.807, 2.05) is 48.0 Å². The van der Waals surface area contributed by atoms with Gasteiger partial charge in [-0.3, -0.25) is 0 Å². The van der Waals surface area contributed by atoms with Crippen LogP contribution in [0.1, 0.15) is 11.3 Å². The van der Waals surface area contributed by atoms with Gasteiger partial charge in [-0.25, -0.2) is 4.68 Å². The second-order valence-electron chi connectivity index (χ2n) is 4.91. The largest absolute Gasteiger partial charge is 0.340 e. The maximum atomic E-state index is 4.55. The van der Waals surface area contributed by atoms with Crippen molar-refractivity contribution < 1.29 is 0 Å². The Bertz CT molecular complexity index is 697. The zero-order valence-electron chi connectivity index (χ0n) is 11.7. The van der Waals surface area contributed by atoms with Crippen LogP contribution in [0.2, 0.25) is 0 Å². The average Bonchev–Trinajstić information content (AvgIpc) is 2.83. The Kier molecular flexibility index (Phi) is 3.25. The molecule has 1 N–H and O–H groups in total. The molecule has 0 amide bonds. The molecule has 3 aromatic rings. The van der Waals surface area contributed by atoms with Crippen molar-refractivity contribution in [3.8, 4) is 5.69 Å². The summed E-state index contributed by atoms with van der Waals surface area (Å²) in [6.07, 6.45) is 0. The third-order valence-electron chi connectivity index (χ3n) is 3.16. The van der Waals surface area contributed by atoms with Gasteiger partial charge in [-0.15, -0.1) is 0 Å². The van der Waals surface area contributed by atoms with Crippen molar-refractivity contribution in [2.75, 3.05) is 5.32 Å². The topological polar surface area (TPSA) is 29.9 Å². The summed E-state index contributed by atoms with van der Waals surface area (Å²) in [5.41, 5.74) is 4.36. The van der Waals surface area contributed by atoms with E-state index in [1.165, 1.54) is 5.56 Å². The maximum Gasteiger partial charge on any atom is 0.134 e. The number of nitrogens with one attached hydrogen (secondary N) is 1. The molecule has 0 unspecified atom stereocenters. The van der Waals surface area contributed by atoms with Gasteiger partial charge < -0.3 is 5.32 Å². The van der Waals surface area contributed by atoms with Gasteiger partial charge in [-0.05, 0) is 38.1 Å². The predicted octanol–water partition coefficient (Wildman–Crippen LogP) is 4.23. The number of para-hydroxylation sites is 1. The molecule has 0 saturated heterocycles. The first kappa shape index (κ1) is 12.5. The minimum absolute atomic E-state index is 0.970. The molecule has 0 atom stereocenters. The van der Waals surface area contributed by atoms with E-state index in [4.69, 9.17) is 0 Å². The second-order valence-corrected chi connectivity index (χ2v) is 4.91. The highest BCUT2D eigenvalue weighted by Gasteiger charge is 2.07. The highest BCUT2D eigenvalue weighted by molar-refractivity contribution is 5.59. The first-order valence-electron chi connectivity index (χ1n) is 6.68. The van der Waals surface area contributed by atoms with Crippen molar-refractivity contribution in [2.24, 2.45) is 0 Å². The number of hydrogen-bond acceptors (Lipinski definition) is 2. The van der Waals surface area contributed by atoms with E-state index >= 15 is 0 Å². The Balaban J connectivity index is 1.96. The average molecular weight is 263 g/mol. The fourth-order valence-corrected chi connectivity index (χ4v) is 2.14. The van der Waals surface area contributed by atoms with E-state index in [2.05, 4.69) is 41.6 Å². The molecule has 0 aliphatic rings. The molecule has 3 nitrogen and oxygen atoms in total. The van der Waals surface area contributed by atoms with E-state index in [-0.39, 0.29) is 0 Å². The number of aryl methyl sites for hydroxylation is 2. The summed E-state index contributed by atoms with van der Waals surface area (Å²) >= 11 is 0. The third kappa shape index (κ3) is 2.57. The number of benzene rings is 2. The molecule has 0 fully saturated rings. The lowest BCUT2D eigenvalue weighted by atomic mass is 10.2. The van der Waals surface area contributed by atoms with Crippen molar-refractivity contribution in [1.82, 2.24) is 9.78 Å². The zero-order chi connectivity index (χ0) is 13.9. The molecule has 0 aliphatic heterocycles. The summed E-state index contributed by atoms with van der Waals surface area (Å²) in [6, 6.07) is 20.5. The van der Waals surface area contributed by atoms with Crippen molar-refractivity contribution in [3.05, 3.63) is 71.9 Å². The van der Waals surface area contributed by atoms with Crippen LogP contribution in [-0.2, 0) is 0 Å². The molecule has 2 aromatic carbocycles. The van der Waals surface area contributed by atoms with E-state index < -0.39 is 0 Å². The van der Waals surface area contributed by atoms with Crippen LogP contribution in [0.15, 0.2) is 60.7 Å². The van der Waals surface area contributed by atoms with E-state index in [1.54, 1.807) is 0 Å². The number of nitrogens with zero attached hydrogens (tertiary/aromatic N) is 2. The molecule has 20 heavy (non-hydrogen) atoms. The van der Waals surface area contributed by atoms with E-state index in [0.717, 1.165) is 22.9 Å². The van der Waals surface area contributed by atoms with Crippen LogP contribution in [-0.4, -0.2) is 9.78 Å². The first-order chi connectivity index (χ1) is 9.72. The van der Waals surface area contributed by atoms with Crippen molar-refractivity contribution in [1.29, 1.82) is 0 Å². The van der Waals surface area contributed by atoms with Crippen molar-refractivity contribution in [3.63, 3.8) is 0 Å². The number of rotatable bonds is 3. The van der Waals surface area contributed by atoms with Gasteiger partial charge in [0.15, 0.2) is 0 Å². The molecule has 1 heterocycles. The van der Waals surface area contributed by atoms with E-state index in [0.29, 0.717) is 0 Å². The number of hydrogen-bond donors (Lipinski definition) is 1. The Morgan fingerprint density at radius 3 is 2.30 bits per heavy atom. The lowest BCUT2D eigenvalue weighted by Gasteiger charge is -2.10. The third-order valence-corrected chi connectivity index (χ3v) is 3.16. The van der Waals surface area contributed by atoms with Crippen LogP contribution in [0.3, 0.4) is 0 Å². The predicted molar refractivity (Wildman–Crippen MR) is 82.8 cm³/mol. The smallest absolute Gasteiger partial charge is 0.134 e. The maximum absolute atomic E-state index is 4.55. The molecule has 3 rings (SSSR count). The summed E-state index contributed by atoms with van der Waals surface area (Å²) in [5, 5.41) is 7.97. The van der Waals surface area contributed by atoms with Crippen LogP contribution >= 0.6 is 0 Å². The highest BCUT2D eigenvalue weighted by Crippen LogP contribution is 2.21. The lowest BCUT2D eigenvalue weighted by molar-refractivity contribution is 0.869. The van der Waals surface area contributed by atoms with Crippen molar-refractivity contribution >= 4 is 11.5 Å². The Morgan fingerprint density at radius 2 is 1.60 bits per heavy atom. The van der Waals surface area contributed by atoms with Crippen molar-refractivity contribution in [2.45, 2.75) is 13.8 Å². The fraction of sp³-hybridized carbons (Fsp3) is 0.118. The molecule has 0 radical (unpaired) electrons. The Morgan fingerprint density at radius 1 is 0.900 bits per heavy atom. The minimum Gasteiger partial charge on any atom is -0.340 e. The standard InChI is InChI=1S/C17H17N3/c1-13-8-10-15(11-9-13)18-17-12-14(2)19-20(17)16-6-4-3-5-7-16/h3-12,18H,1-2H3. The molecule has 0 spiro atoms. The summed E-state index contributed by atoms with van der Waals surface area (Å²) in [4.78, 5) is 0. The van der Waals surface area contributed by atoms with Gasteiger partial charge in [0.05, 0.1) is 11.4 Å². The van der Waals surface area contributed by atoms with Gasteiger partial charge in [0, 0.05) is 11.8 Å². The molecular formula is C17H17N3. The SMILES string of the molecule is Cc1ccc(Nc2cc(C)nn2-c2ccccc2)cc1. The molecule has 0 aliphatic carbocycles. The zero-order valence-corrected chi connectivity index (χ0v) is 11.7. The monoisotopic (exact) mass is 263 g/mol. The second kappa shape index (κ2) is 5.21. The molecule has 1 aromatic heterocycles. The lowest BCUT2D eigenvalue weighted by Crippen LogP contribution is -2.02. The quantitative estimate of drug-likeness (QED) is 0.766. The molecule has 3 heteroatoms. The van der Waals surface area contributed by atoms with Gasteiger partial charge >= 0.3 is 0 Å². The first-order valence-corrected chi connectivity index (χ1v) is 6.68. The highest BCUT2D eigenvalue weighted by atomic mass is 15.3. The summed E-state index contributed by atoms with van der Waals surface area (Å²) < 4.78 is 1.93. The fourth-order valence-electron chi connectivity index (χ4n) is 2.14. The van der Waals surface area contributed by atoms with Gasteiger partial charge in [0.25, 0.3) is 0 Å². The van der Waals surface area contributed by atoms with E-state index in [9.17, 15) is 0 Å². The minimum atomic E-state index is 0.970. The van der Waals surface area contributed by atoms with Crippen LogP contribution in [0.4, 0.5) is 11.5 Å². The van der Waals surface area contributed by atoms with Crippen LogP contribution in [0.5, 0.6) is 0 Å². The van der Waals surface area contributed by atoms with Gasteiger partial charge in [-0.1, -0.05) is 35.9 Å². The van der Waals surface area contributed by atoms with Gasteiger partial charge in [-0.2, -0.15) is 5.10 Å². The number of aromatic nitrogens is 2.